The van der Waals surface area contributed by atoms with Crippen molar-refractivity contribution in [2.24, 2.45) is 5.73 Å². The molecule has 0 unspecified atom stereocenters. The second-order valence-electron chi connectivity index (χ2n) is 8.75. The lowest BCUT2D eigenvalue weighted by atomic mass is 9.97. The van der Waals surface area contributed by atoms with Crippen molar-refractivity contribution in [3.05, 3.63) is 95.3 Å². The zero-order chi connectivity index (χ0) is 25.1. The Morgan fingerprint density at radius 3 is 2.64 bits per heavy atom. The molecule has 0 aliphatic rings. The van der Waals surface area contributed by atoms with Gasteiger partial charge in [-0.3, -0.25) is 10.1 Å². The molecule has 3 N–H and O–H groups in total. The molecular weight excluding hydrogens is 472 g/mol. The van der Waals surface area contributed by atoms with E-state index in [0.717, 1.165) is 45.4 Å². The molecule has 2 heterocycles. The van der Waals surface area contributed by atoms with E-state index in [1.807, 2.05) is 55.5 Å². The molecule has 0 saturated heterocycles. The van der Waals surface area contributed by atoms with Gasteiger partial charge in [0.2, 0.25) is 0 Å². The minimum Gasteiger partial charge on any atom is -0.496 e. The third kappa shape index (κ3) is 5.05. The van der Waals surface area contributed by atoms with Crippen LogP contribution in [0.2, 0.25) is 5.02 Å². The van der Waals surface area contributed by atoms with Gasteiger partial charge in [-0.05, 0) is 60.9 Å². The Labute approximate surface area is 215 Å². The number of hydrogen-bond acceptors (Lipinski definition) is 5. The first-order valence-electron chi connectivity index (χ1n) is 11.7. The number of aromatic amines is 1. The van der Waals surface area contributed by atoms with E-state index in [4.69, 9.17) is 31.8 Å². The summed E-state index contributed by atoms with van der Waals surface area (Å²) in [5, 5.41) is 9.06. The number of H-pyrrole nitrogens is 1. The number of nitrogens with two attached hydrogens (primary N) is 1. The predicted octanol–water partition coefficient (Wildman–Crippen LogP) is 6.21. The highest BCUT2D eigenvalue weighted by molar-refractivity contribution is 6.31. The summed E-state index contributed by atoms with van der Waals surface area (Å²) < 4.78 is 11.7. The summed E-state index contributed by atoms with van der Waals surface area (Å²) in [6.45, 7) is 2.38. The topological polar surface area (TPSA) is 86.1 Å². The van der Waals surface area contributed by atoms with Crippen LogP contribution in [-0.2, 0) is 6.42 Å². The lowest BCUT2D eigenvalue weighted by Crippen LogP contribution is -2.30. The molecule has 0 spiro atoms. The van der Waals surface area contributed by atoms with Crippen LogP contribution in [0.25, 0.3) is 33.3 Å². The van der Waals surface area contributed by atoms with Gasteiger partial charge in [0, 0.05) is 33.3 Å². The third-order valence-corrected chi connectivity index (χ3v) is 6.37. The highest BCUT2D eigenvalue weighted by atomic mass is 35.5. The minimum atomic E-state index is -0.145. The molecule has 0 fully saturated rings. The maximum absolute atomic E-state index is 6.36. The molecule has 182 valence electrons. The fraction of sp³-hybridized carbons (Fsp3) is 0.172. The van der Waals surface area contributed by atoms with Gasteiger partial charge in [0.25, 0.3) is 0 Å². The van der Waals surface area contributed by atoms with Gasteiger partial charge >= 0.3 is 0 Å². The molecule has 7 heteroatoms. The van der Waals surface area contributed by atoms with E-state index in [-0.39, 0.29) is 6.04 Å². The van der Waals surface area contributed by atoms with Crippen LogP contribution in [0.4, 0.5) is 0 Å². The van der Waals surface area contributed by atoms with Crippen LogP contribution in [-0.4, -0.2) is 34.9 Å². The molecule has 0 aliphatic carbocycles. The van der Waals surface area contributed by atoms with Crippen LogP contribution in [0, 0.1) is 6.92 Å². The predicted molar refractivity (Wildman–Crippen MR) is 145 cm³/mol. The summed E-state index contributed by atoms with van der Waals surface area (Å²) in [5.41, 5.74) is 12.9. The third-order valence-electron chi connectivity index (χ3n) is 6.14. The average Bonchev–Trinajstić information content (AvgIpc) is 3.28. The number of pyridine rings is 1. The maximum Gasteiger partial charge on any atom is 0.138 e. The van der Waals surface area contributed by atoms with Crippen molar-refractivity contribution in [3.8, 4) is 33.9 Å². The number of rotatable bonds is 8. The van der Waals surface area contributed by atoms with Crippen LogP contribution in [0.5, 0.6) is 11.5 Å². The van der Waals surface area contributed by atoms with E-state index < -0.39 is 0 Å². The summed E-state index contributed by atoms with van der Waals surface area (Å²) in [6.07, 6.45) is 2.45. The molecule has 3 aromatic carbocycles. The average molecular weight is 499 g/mol. The molecule has 0 aliphatic heterocycles. The van der Waals surface area contributed by atoms with Gasteiger partial charge in [0.1, 0.15) is 18.1 Å². The number of nitrogens with one attached hydrogen (secondary N) is 1. The molecule has 2 aromatic heterocycles. The Morgan fingerprint density at radius 1 is 1.00 bits per heavy atom. The normalized spacial score (nSPS) is 12.0. The Morgan fingerprint density at radius 2 is 1.83 bits per heavy atom. The fourth-order valence-electron chi connectivity index (χ4n) is 4.31. The first-order chi connectivity index (χ1) is 17.5. The molecule has 5 rings (SSSR count). The van der Waals surface area contributed by atoms with Gasteiger partial charge in [0.05, 0.1) is 24.5 Å². The smallest absolute Gasteiger partial charge is 0.138 e. The largest absolute Gasteiger partial charge is 0.496 e. The number of ether oxygens (including phenoxy) is 2. The van der Waals surface area contributed by atoms with Crippen molar-refractivity contribution in [1.29, 1.82) is 0 Å². The lowest BCUT2D eigenvalue weighted by molar-refractivity contribution is 0.287. The van der Waals surface area contributed by atoms with Crippen molar-refractivity contribution in [3.63, 3.8) is 0 Å². The molecule has 0 bridgehead atoms. The summed E-state index contributed by atoms with van der Waals surface area (Å²) >= 11 is 6.35. The quantitative estimate of drug-likeness (QED) is 0.265. The summed E-state index contributed by atoms with van der Waals surface area (Å²) in [7, 11) is 1.64. The van der Waals surface area contributed by atoms with Gasteiger partial charge in [-0.1, -0.05) is 48.0 Å². The minimum absolute atomic E-state index is 0.145. The second kappa shape index (κ2) is 10.4. The number of halogens is 1. The monoisotopic (exact) mass is 498 g/mol. The van der Waals surface area contributed by atoms with E-state index in [9.17, 15) is 0 Å². The number of nitrogens with zero attached hydrogens (tertiary/aromatic N) is 2. The van der Waals surface area contributed by atoms with Crippen LogP contribution >= 0.6 is 11.6 Å². The molecule has 0 radical (unpaired) electrons. The van der Waals surface area contributed by atoms with Crippen molar-refractivity contribution in [2.45, 2.75) is 19.4 Å². The van der Waals surface area contributed by atoms with E-state index in [2.05, 4.69) is 28.4 Å². The molecule has 6 nitrogen and oxygen atoms in total. The molecule has 0 amide bonds. The summed E-state index contributed by atoms with van der Waals surface area (Å²) in [5.74, 6) is 1.33. The Hall–Kier alpha value is -3.87. The SMILES string of the molecule is COc1ccc(Cl)cc1-c1ncc(OC[C@@H](N)Cc2ccccc2)cc1-c1ccc2n[nH]c(C)c2c1. The van der Waals surface area contributed by atoms with E-state index in [1.165, 1.54) is 5.56 Å². The van der Waals surface area contributed by atoms with Crippen molar-refractivity contribution < 1.29 is 9.47 Å². The first-order valence-corrected chi connectivity index (χ1v) is 12.1. The van der Waals surface area contributed by atoms with Gasteiger partial charge in [0.15, 0.2) is 0 Å². The van der Waals surface area contributed by atoms with Crippen molar-refractivity contribution >= 4 is 22.5 Å². The van der Waals surface area contributed by atoms with Crippen molar-refractivity contribution in [2.75, 3.05) is 13.7 Å². The van der Waals surface area contributed by atoms with Gasteiger partial charge in [-0.2, -0.15) is 5.10 Å². The van der Waals surface area contributed by atoms with Gasteiger partial charge in [-0.15, -0.1) is 0 Å². The van der Waals surface area contributed by atoms with E-state index >= 15 is 0 Å². The van der Waals surface area contributed by atoms with E-state index in [1.54, 1.807) is 19.4 Å². The second-order valence-corrected chi connectivity index (χ2v) is 9.19. The Balaban J connectivity index is 1.52. The van der Waals surface area contributed by atoms with Crippen molar-refractivity contribution in [1.82, 2.24) is 15.2 Å². The standard InChI is InChI=1S/C29H27ClN4O2/c1-18-24-13-20(8-10-27(24)34-33-18)25-15-23(36-17-22(31)12-19-6-4-3-5-7-19)16-32-29(25)26-14-21(30)9-11-28(26)35-2/h3-11,13-16,22H,12,17,31H2,1-2H3,(H,33,34)/t22-/m0/s1. The number of hydrogen-bond donors (Lipinski definition) is 2. The number of aromatic nitrogens is 3. The summed E-state index contributed by atoms with van der Waals surface area (Å²) in [6, 6.07) is 23.7. The number of benzene rings is 3. The molecule has 5 aromatic rings. The van der Waals surface area contributed by atoms with Crippen LogP contribution < -0.4 is 15.2 Å². The highest BCUT2D eigenvalue weighted by Crippen LogP contribution is 2.39. The molecular formula is C29H27ClN4O2. The molecule has 1 atom stereocenters. The maximum atomic E-state index is 6.36. The van der Waals surface area contributed by atoms with E-state index in [0.29, 0.717) is 23.1 Å². The van der Waals surface area contributed by atoms with Crippen LogP contribution in [0.3, 0.4) is 0 Å². The highest BCUT2D eigenvalue weighted by Gasteiger charge is 2.17. The first kappa shape index (κ1) is 23.9. The van der Waals surface area contributed by atoms with Gasteiger partial charge in [-0.25, -0.2) is 0 Å². The number of fused-ring (bicyclic) bond motifs is 1. The van der Waals surface area contributed by atoms with Crippen LogP contribution in [0.15, 0.2) is 79.0 Å². The fourth-order valence-corrected chi connectivity index (χ4v) is 4.48. The lowest BCUT2D eigenvalue weighted by Gasteiger charge is -2.17. The Kier molecular flexibility index (Phi) is 6.89. The molecule has 0 saturated carbocycles. The summed E-state index contributed by atoms with van der Waals surface area (Å²) in [4.78, 5) is 4.80. The number of aryl methyl sites for hydroxylation is 1. The van der Waals surface area contributed by atoms with Crippen LogP contribution in [0.1, 0.15) is 11.3 Å². The zero-order valence-corrected chi connectivity index (χ0v) is 20.9. The zero-order valence-electron chi connectivity index (χ0n) is 20.2. The molecule has 36 heavy (non-hydrogen) atoms. The Bertz CT molecular complexity index is 1500. The number of methoxy groups -OCH3 is 1. The van der Waals surface area contributed by atoms with Gasteiger partial charge < -0.3 is 15.2 Å².